The molecule has 0 spiro atoms. The topological polar surface area (TPSA) is 75.7 Å². The normalized spacial score (nSPS) is 24.2. The number of ether oxygens (including phenoxy) is 1. The van der Waals surface area contributed by atoms with Gasteiger partial charge in [0.2, 0.25) is 10.0 Å². The van der Waals surface area contributed by atoms with E-state index in [0.717, 1.165) is 19.3 Å². The van der Waals surface area contributed by atoms with E-state index in [2.05, 4.69) is 19.2 Å². The summed E-state index contributed by atoms with van der Waals surface area (Å²) in [7, 11) is -2.27. The van der Waals surface area contributed by atoms with E-state index in [4.69, 9.17) is 4.74 Å². The molecule has 156 valence electrons. The number of hydrogen-bond acceptors (Lipinski definition) is 4. The Labute approximate surface area is 168 Å². The van der Waals surface area contributed by atoms with Gasteiger partial charge in [-0.2, -0.15) is 4.31 Å². The fourth-order valence-electron chi connectivity index (χ4n) is 4.51. The average Bonchev–Trinajstić information content (AvgIpc) is 3.18. The molecule has 1 aliphatic heterocycles. The summed E-state index contributed by atoms with van der Waals surface area (Å²) in [6, 6.07) is 4.67. The average molecular weight is 409 g/mol. The van der Waals surface area contributed by atoms with Gasteiger partial charge in [0, 0.05) is 25.2 Å². The van der Waals surface area contributed by atoms with E-state index >= 15 is 0 Å². The minimum absolute atomic E-state index is 0.0739. The van der Waals surface area contributed by atoms with E-state index in [1.807, 2.05) is 0 Å². The summed E-state index contributed by atoms with van der Waals surface area (Å²) in [5.41, 5.74) is 0.357. The third-order valence-electron chi connectivity index (χ3n) is 5.91. The molecule has 28 heavy (non-hydrogen) atoms. The summed E-state index contributed by atoms with van der Waals surface area (Å²) < 4.78 is 33.5. The molecular formula is C21H32N2O4S. The number of nitrogens with one attached hydrogen (secondary N) is 1. The summed E-state index contributed by atoms with van der Waals surface area (Å²) in [6.45, 7) is 5.78. The lowest BCUT2D eigenvalue weighted by Gasteiger charge is -2.34. The second kappa shape index (κ2) is 8.82. The first-order chi connectivity index (χ1) is 13.3. The van der Waals surface area contributed by atoms with Crippen LogP contribution in [0.3, 0.4) is 0 Å². The van der Waals surface area contributed by atoms with Gasteiger partial charge in [0.25, 0.3) is 5.91 Å². The first-order valence-electron chi connectivity index (χ1n) is 10.3. The molecule has 1 aromatic rings. The number of nitrogens with zero attached hydrogens (tertiary/aromatic N) is 1. The Morgan fingerprint density at radius 3 is 2.43 bits per heavy atom. The number of carbonyl (C=O) groups is 1. The molecule has 0 bridgehead atoms. The van der Waals surface area contributed by atoms with Gasteiger partial charge in [-0.3, -0.25) is 4.79 Å². The Balaban J connectivity index is 1.82. The molecule has 3 rings (SSSR count). The molecular weight excluding hydrogens is 376 g/mol. The van der Waals surface area contributed by atoms with Crippen LogP contribution in [-0.4, -0.2) is 45.4 Å². The third kappa shape index (κ3) is 4.69. The molecule has 1 saturated carbocycles. The largest absolute Gasteiger partial charge is 0.495 e. The second-order valence-corrected chi connectivity index (χ2v) is 10.4. The van der Waals surface area contributed by atoms with Gasteiger partial charge >= 0.3 is 0 Å². The van der Waals surface area contributed by atoms with Crippen LogP contribution < -0.4 is 10.1 Å². The molecule has 6 nitrogen and oxygen atoms in total. The standard InChI is InChI=1S/C21H32N2O4S/c1-15-10-16(2)14-23(13-15)28(25,26)20-11-18(8-9-19(20)27-3)21(24)22-12-17-6-4-5-7-17/h8-9,11,15-17H,4-7,10,12-14H2,1-3H3,(H,22,24). The molecule has 1 saturated heterocycles. The van der Waals surface area contributed by atoms with Crippen LogP contribution in [0.5, 0.6) is 5.75 Å². The number of benzene rings is 1. The maximum absolute atomic E-state index is 13.3. The second-order valence-electron chi connectivity index (χ2n) is 8.49. The van der Waals surface area contributed by atoms with Crippen molar-refractivity contribution in [1.82, 2.24) is 9.62 Å². The Hall–Kier alpha value is -1.60. The Morgan fingerprint density at radius 1 is 1.18 bits per heavy atom. The zero-order valence-corrected chi connectivity index (χ0v) is 17.9. The smallest absolute Gasteiger partial charge is 0.251 e. The lowest BCUT2D eigenvalue weighted by molar-refractivity contribution is 0.0947. The van der Waals surface area contributed by atoms with E-state index < -0.39 is 10.0 Å². The third-order valence-corrected chi connectivity index (χ3v) is 7.76. The quantitative estimate of drug-likeness (QED) is 0.784. The predicted molar refractivity (Wildman–Crippen MR) is 109 cm³/mol. The van der Waals surface area contributed by atoms with Gasteiger partial charge < -0.3 is 10.1 Å². The molecule has 1 aliphatic carbocycles. The fraction of sp³-hybridized carbons (Fsp3) is 0.667. The van der Waals surface area contributed by atoms with Crippen molar-refractivity contribution in [3.05, 3.63) is 23.8 Å². The molecule has 2 unspecified atom stereocenters. The first-order valence-corrected chi connectivity index (χ1v) is 11.7. The molecule has 0 aromatic heterocycles. The number of methoxy groups -OCH3 is 1. The van der Waals surface area contributed by atoms with Crippen LogP contribution in [-0.2, 0) is 10.0 Å². The minimum atomic E-state index is -3.73. The van der Waals surface area contributed by atoms with Crippen LogP contribution in [0.4, 0.5) is 0 Å². The molecule has 1 heterocycles. The predicted octanol–water partition coefficient (Wildman–Crippen LogP) is 3.28. The van der Waals surface area contributed by atoms with Gasteiger partial charge in [-0.15, -0.1) is 0 Å². The van der Waals surface area contributed by atoms with Gasteiger partial charge in [0.1, 0.15) is 10.6 Å². The maximum atomic E-state index is 13.3. The van der Waals surface area contributed by atoms with Crippen LogP contribution >= 0.6 is 0 Å². The Kier molecular flexibility index (Phi) is 6.65. The number of hydrogen-bond donors (Lipinski definition) is 1. The summed E-state index contributed by atoms with van der Waals surface area (Å²) in [5.74, 6) is 1.19. The summed E-state index contributed by atoms with van der Waals surface area (Å²) >= 11 is 0. The SMILES string of the molecule is COc1ccc(C(=O)NCC2CCCC2)cc1S(=O)(=O)N1CC(C)CC(C)C1. The molecule has 1 amide bonds. The highest BCUT2D eigenvalue weighted by Crippen LogP contribution is 2.32. The van der Waals surface area contributed by atoms with Crippen LogP contribution in [0.15, 0.2) is 23.1 Å². The fourth-order valence-corrected chi connectivity index (χ4v) is 6.38. The summed E-state index contributed by atoms with van der Waals surface area (Å²) in [5, 5.41) is 2.96. The van der Waals surface area contributed by atoms with Crippen LogP contribution in [0.1, 0.15) is 56.3 Å². The van der Waals surface area contributed by atoms with E-state index in [1.54, 1.807) is 12.1 Å². The Morgan fingerprint density at radius 2 is 1.82 bits per heavy atom. The molecule has 1 N–H and O–H groups in total. The lowest BCUT2D eigenvalue weighted by atomic mass is 9.94. The zero-order chi connectivity index (χ0) is 20.3. The summed E-state index contributed by atoms with van der Waals surface area (Å²) in [6.07, 6.45) is 5.75. The number of sulfonamides is 1. The lowest BCUT2D eigenvalue weighted by Crippen LogP contribution is -2.42. The highest BCUT2D eigenvalue weighted by molar-refractivity contribution is 7.89. The van der Waals surface area contributed by atoms with Gasteiger partial charge in [-0.25, -0.2) is 8.42 Å². The van der Waals surface area contributed by atoms with Gasteiger partial charge in [-0.1, -0.05) is 26.7 Å². The number of piperidine rings is 1. The zero-order valence-electron chi connectivity index (χ0n) is 17.1. The number of rotatable bonds is 6. The van der Waals surface area contributed by atoms with Crippen LogP contribution in [0, 0.1) is 17.8 Å². The van der Waals surface area contributed by atoms with E-state index in [1.165, 1.54) is 30.3 Å². The van der Waals surface area contributed by atoms with Gasteiger partial charge in [0.05, 0.1) is 7.11 Å². The van der Waals surface area contributed by atoms with Crippen molar-refractivity contribution in [1.29, 1.82) is 0 Å². The molecule has 0 radical (unpaired) electrons. The van der Waals surface area contributed by atoms with Crippen molar-refractivity contribution >= 4 is 15.9 Å². The molecule has 2 atom stereocenters. The maximum Gasteiger partial charge on any atom is 0.251 e. The highest BCUT2D eigenvalue weighted by Gasteiger charge is 2.34. The minimum Gasteiger partial charge on any atom is -0.495 e. The molecule has 7 heteroatoms. The van der Waals surface area contributed by atoms with Crippen molar-refractivity contribution in [3.8, 4) is 5.75 Å². The van der Waals surface area contributed by atoms with Crippen LogP contribution in [0.2, 0.25) is 0 Å². The Bertz CT molecular complexity index is 793. The van der Waals surface area contributed by atoms with Crippen molar-refractivity contribution in [3.63, 3.8) is 0 Å². The molecule has 2 aliphatic rings. The van der Waals surface area contributed by atoms with Crippen molar-refractivity contribution in [2.24, 2.45) is 17.8 Å². The monoisotopic (exact) mass is 408 g/mol. The van der Waals surface area contributed by atoms with Gasteiger partial charge in [-0.05, 0) is 55.2 Å². The number of amides is 1. The summed E-state index contributed by atoms with van der Waals surface area (Å²) in [4.78, 5) is 12.7. The van der Waals surface area contributed by atoms with Crippen molar-refractivity contribution in [2.75, 3.05) is 26.7 Å². The molecule has 1 aromatic carbocycles. The van der Waals surface area contributed by atoms with Gasteiger partial charge in [0.15, 0.2) is 0 Å². The van der Waals surface area contributed by atoms with Crippen molar-refractivity contribution in [2.45, 2.75) is 50.8 Å². The van der Waals surface area contributed by atoms with E-state index in [-0.39, 0.29) is 16.6 Å². The first kappa shape index (κ1) is 21.1. The van der Waals surface area contributed by atoms with Crippen molar-refractivity contribution < 1.29 is 17.9 Å². The number of carbonyl (C=O) groups excluding carboxylic acids is 1. The van der Waals surface area contributed by atoms with E-state index in [9.17, 15) is 13.2 Å². The molecule has 2 fully saturated rings. The van der Waals surface area contributed by atoms with Crippen LogP contribution in [0.25, 0.3) is 0 Å². The van der Waals surface area contributed by atoms with E-state index in [0.29, 0.717) is 43.0 Å². The highest BCUT2D eigenvalue weighted by atomic mass is 32.2.